The lowest BCUT2D eigenvalue weighted by molar-refractivity contribution is -0.0586. The van der Waals surface area contributed by atoms with Crippen LogP contribution < -0.4 is 0 Å². The predicted molar refractivity (Wildman–Crippen MR) is 156 cm³/mol. The largest absolute Gasteiger partial charge is 0.478 e. The van der Waals surface area contributed by atoms with Crippen LogP contribution in [0.25, 0.3) is 0 Å². The summed E-state index contributed by atoms with van der Waals surface area (Å²) < 4.78 is 6.17. The number of carbonyl (C=O) groups is 1. The highest BCUT2D eigenvalue weighted by atomic mass is 16.5. The average Bonchev–Trinajstić information content (AvgIpc) is 2.87. The molecule has 0 saturated carbocycles. The highest BCUT2D eigenvalue weighted by Crippen LogP contribution is 2.33. The molecule has 39 heavy (non-hydrogen) atoms. The number of hydrogen-bond donors (Lipinski definition) is 2. The molecule has 1 saturated heterocycles. The summed E-state index contributed by atoms with van der Waals surface area (Å²) in [5.74, 6) is -0.884. The number of benzene rings is 2. The van der Waals surface area contributed by atoms with E-state index < -0.39 is 5.97 Å². The van der Waals surface area contributed by atoms with Gasteiger partial charge in [-0.1, -0.05) is 44.2 Å². The molecule has 2 aliphatic rings. The van der Waals surface area contributed by atoms with Crippen molar-refractivity contribution < 1.29 is 19.7 Å². The van der Waals surface area contributed by atoms with Gasteiger partial charge in [0.2, 0.25) is 0 Å². The molecule has 6 nitrogen and oxygen atoms in total. The van der Waals surface area contributed by atoms with E-state index in [1.54, 1.807) is 12.1 Å². The van der Waals surface area contributed by atoms with Crippen molar-refractivity contribution in [2.75, 3.05) is 26.2 Å². The Hall–Kier alpha value is -2.67. The van der Waals surface area contributed by atoms with Crippen LogP contribution in [0.1, 0.15) is 80.1 Å². The number of allylic oxidation sites excluding steroid dienone is 1. The number of nitrogens with zero attached hydrogens (tertiary/aromatic N) is 2. The van der Waals surface area contributed by atoms with Crippen LogP contribution in [0, 0.1) is 5.41 Å². The van der Waals surface area contributed by atoms with E-state index in [0.717, 1.165) is 64.0 Å². The summed E-state index contributed by atoms with van der Waals surface area (Å²) in [6.07, 6.45) is 5.93. The number of rotatable bonds is 9. The monoisotopic (exact) mass is 534 g/mol. The van der Waals surface area contributed by atoms with E-state index in [9.17, 15) is 15.0 Å². The summed E-state index contributed by atoms with van der Waals surface area (Å²) in [6, 6.07) is 14.1. The van der Waals surface area contributed by atoms with Crippen molar-refractivity contribution in [3.63, 3.8) is 0 Å². The first-order valence-corrected chi connectivity index (χ1v) is 14.3. The van der Waals surface area contributed by atoms with E-state index in [4.69, 9.17) is 4.74 Å². The number of aliphatic hydroxyl groups is 1. The Kier molecular flexibility index (Phi) is 9.20. The summed E-state index contributed by atoms with van der Waals surface area (Å²) in [4.78, 5) is 16.2. The van der Waals surface area contributed by atoms with Crippen molar-refractivity contribution in [2.45, 2.75) is 85.1 Å². The summed E-state index contributed by atoms with van der Waals surface area (Å²) in [5.41, 5.74) is 6.68. The molecule has 1 fully saturated rings. The Morgan fingerprint density at radius 2 is 1.79 bits per heavy atom. The molecule has 2 aromatic rings. The van der Waals surface area contributed by atoms with Crippen LogP contribution >= 0.6 is 0 Å². The zero-order chi connectivity index (χ0) is 28.2. The fraction of sp³-hybridized carbons (Fsp3) is 0.545. The molecular formula is C33H46N2O4. The molecule has 2 aromatic carbocycles. The smallest absolute Gasteiger partial charge is 0.335 e. The maximum atomic E-state index is 11.3. The van der Waals surface area contributed by atoms with Crippen LogP contribution in [0.5, 0.6) is 0 Å². The van der Waals surface area contributed by atoms with Gasteiger partial charge in [0.15, 0.2) is 0 Å². The lowest BCUT2D eigenvalue weighted by atomic mass is 9.82. The number of aliphatic hydroxyl groups excluding tert-OH is 1. The van der Waals surface area contributed by atoms with E-state index in [0.29, 0.717) is 11.0 Å². The molecular weight excluding hydrogens is 488 g/mol. The molecule has 212 valence electrons. The molecule has 0 unspecified atom stereocenters. The third kappa shape index (κ3) is 8.41. The van der Waals surface area contributed by atoms with Gasteiger partial charge in [0.25, 0.3) is 0 Å². The van der Waals surface area contributed by atoms with Crippen LogP contribution in [0.2, 0.25) is 0 Å². The molecule has 0 radical (unpaired) electrons. The minimum absolute atomic E-state index is 0.0322. The van der Waals surface area contributed by atoms with E-state index in [1.165, 1.54) is 22.4 Å². The molecule has 0 amide bonds. The van der Waals surface area contributed by atoms with Crippen molar-refractivity contribution in [2.24, 2.45) is 5.41 Å². The van der Waals surface area contributed by atoms with Gasteiger partial charge >= 0.3 is 5.97 Å². The van der Waals surface area contributed by atoms with E-state index in [1.807, 2.05) is 32.9 Å². The lowest BCUT2D eigenvalue weighted by Gasteiger charge is -2.40. The number of likely N-dealkylation sites (tertiary alicyclic amines) is 1. The van der Waals surface area contributed by atoms with Crippen LogP contribution in [0.4, 0.5) is 0 Å². The van der Waals surface area contributed by atoms with Gasteiger partial charge in [-0.15, -0.1) is 0 Å². The summed E-state index contributed by atoms with van der Waals surface area (Å²) >= 11 is 0. The van der Waals surface area contributed by atoms with Crippen LogP contribution in [0.3, 0.4) is 0 Å². The van der Waals surface area contributed by atoms with Gasteiger partial charge in [0.05, 0.1) is 17.8 Å². The Morgan fingerprint density at radius 1 is 1.05 bits per heavy atom. The summed E-state index contributed by atoms with van der Waals surface area (Å²) in [7, 11) is 0. The molecule has 0 spiro atoms. The number of fused-ring (bicyclic) bond motifs is 1. The molecule has 0 bridgehead atoms. The van der Waals surface area contributed by atoms with Crippen LogP contribution in [-0.4, -0.2) is 63.9 Å². The number of carboxylic acids is 1. The number of carboxylic acid groups (broad SMARTS) is 1. The van der Waals surface area contributed by atoms with E-state index in [2.05, 4.69) is 47.9 Å². The fourth-order valence-electron chi connectivity index (χ4n) is 5.65. The molecule has 1 atom stereocenters. The molecule has 2 N–H and O–H groups in total. The van der Waals surface area contributed by atoms with Gasteiger partial charge < -0.3 is 19.8 Å². The van der Waals surface area contributed by atoms with Gasteiger partial charge in [-0.3, -0.25) is 4.90 Å². The highest BCUT2D eigenvalue weighted by molar-refractivity contribution is 5.87. The maximum absolute atomic E-state index is 11.3. The van der Waals surface area contributed by atoms with Gasteiger partial charge in [-0.2, -0.15) is 0 Å². The summed E-state index contributed by atoms with van der Waals surface area (Å²) in [6.45, 7) is 15.4. The second-order valence-corrected chi connectivity index (χ2v) is 13.0. The van der Waals surface area contributed by atoms with E-state index >= 15 is 0 Å². The first-order valence-electron chi connectivity index (χ1n) is 14.3. The fourth-order valence-corrected chi connectivity index (χ4v) is 5.65. The quantitative estimate of drug-likeness (QED) is 0.432. The van der Waals surface area contributed by atoms with Gasteiger partial charge in [-0.25, -0.2) is 4.79 Å². The molecule has 0 aromatic heterocycles. The SMILES string of the molecule is CC1(C)CCN(/C(=C\[C@@H](CO)OC(C)(C)C)Cc2ccc3c(c2)CCN(Cc2cccc(C(=O)O)c2)C3)CC1. The first kappa shape index (κ1) is 29.3. The molecule has 6 heteroatoms. The van der Waals surface area contributed by atoms with Crippen molar-refractivity contribution in [1.29, 1.82) is 0 Å². The Bertz CT molecular complexity index is 1170. The third-order valence-corrected chi connectivity index (χ3v) is 7.91. The highest BCUT2D eigenvalue weighted by Gasteiger charge is 2.28. The minimum atomic E-state index is -0.884. The summed E-state index contributed by atoms with van der Waals surface area (Å²) in [5, 5.41) is 19.4. The number of aromatic carboxylic acids is 1. The van der Waals surface area contributed by atoms with E-state index in [-0.39, 0.29) is 18.3 Å². The van der Waals surface area contributed by atoms with Gasteiger partial charge in [0, 0.05) is 44.8 Å². The topological polar surface area (TPSA) is 73.2 Å². The molecule has 4 rings (SSSR count). The predicted octanol–water partition coefficient (Wildman–Crippen LogP) is 5.67. The second-order valence-electron chi connectivity index (χ2n) is 13.0. The zero-order valence-electron chi connectivity index (χ0n) is 24.4. The number of piperidine rings is 1. The van der Waals surface area contributed by atoms with Crippen molar-refractivity contribution in [3.8, 4) is 0 Å². The molecule has 2 heterocycles. The minimum Gasteiger partial charge on any atom is -0.478 e. The normalized spacial score (nSPS) is 19.0. The second kappa shape index (κ2) is 12.2. The van der Waals surface area contributed by atoms with Crippen LogP contribution in [-0.2, 0) is 30.7 Å². The van der Waals surface area contributed by atoms with Gasteiger partial charge in [-0.05, 0) is 85.9 Å². The maximum Gasteiger partial charge on any atom is 0.335 e. The Balaban J connectivity index is 1.48. The lowest BCUT2D eigenvalue weighted by Crippen LogP contribution is -2.38. The first-order chi connectivity index (χ1) is 18.4. The standard InChI is InChI=1S/C33H46N2O4/c1-32(2,3)39-30(23-36)20-29(35-15-12-33(4,5)13-16-35)19-24-9-10-28-22-34(14-11-26(28)17-24)21-25-7-6-8-27(18-25)31(37)38/h6-10,17-18,20,30,36H,11-16,19,21-23H2,1-5H3,(H,37,38)/b29-20-/t30-/m0/s1. The van der Waals surface area contributed by atoms with Crippen LogP contribution in [0.15, 0.2) is 54.2 Å². The third-order valence-electron chi connectivity index (χ3n) is 7.91. The molecule has 0 aliphatic carbocycles. The van der Waals surface area contributed by atoms with Gasteiger partial charge in [0.1, 0.15) is 6.10 Å². The van der Waals surface area contributed by atoms with Crippen molar-refractivity contribution in [3.05, 3.63) is 82.1 Å². The number of hydrogen-bond acceptors (Lipinski definition) is 5. The Labute approximate surface area is 234 Å². The average molecular weight is 535 g/mol. The van der Waals surface area contributed by atoms with Crippen molar-refractivity contribution in [1.82, 2.24) is 9.80 Å². The zero-order valence-corrected chi connectivity index (χ0v) is 24.4. The molecule has 2 aliphatic heterocycles. The Morgan fingerprint density at radius 3 is 2.46 bits per heavy atom. The van der Waals surface area contributed by atoms with Crippen molar-refractivity contribution >= 4 is 5.97 Å². The number of ether oxygens (including phenoxy) is 1.